The van der Waals surface area contributed by atoms with Gasteiger partial charge in [0, 0.05) is 10.5 Å². The lowest BCUT2D eigenvalue weighted by atomic mass is 10.1. The van der Waals surface area contributed by atoms with E-state index in [1.165, 1.54) is 5.56 Å². The van der Waals surface area contributed by atoms with Crippen LogP contribution in [0.4, 0.5) is 6.01 Å². The molecule has 0 aliphatic carbocycles. The predicted molar refractivity (Wildman–Crippen MR) is 99.1 cm³/mol. The van der Waals surface area contributed by atoms with Crippen LogP contribution in [0.5, 0.6) is 0 Å². The van der Waals surface area contributed by atoms with Crippen molar-refractivity contribution >= 4 is 23.7 Å². The molecule has 0 fully saturated rings. The zero-order valence-electron chi connectivity index (χ0n) is 14.2. The summed E-state index contributed by atoms with van der Waals surface area (Å²) in [7, 11) is 0. The minimum absolute atomic E-state index is 0.110. The summed E-state index contributed by atoms with van der Waals surface area (Å²) in [6.45, 7) is 2.12. The van der Waals surface area contributed by atoms with Gasteiger partial charge in [-0.2, -0.15) is 0 Å². The second-order valence-electron chi connectivity index (χ2n) is 5.53. The van der Waals surface area contributed by atoms with Gasteiger partial charge in [0.2, 0.25) is 5.89 Å². The Balaban J connectivity index is 1.63. The van der Waals surface area contributed by atoms with Gasteiger partial charge in [-0.05, 0) is 48.1 Å². The lowest BCUT2D eigenvalue weighted by molar-refractivity contribution is 0.102. The maximum Gasteiger partial charge on any atom is 0.322 e. The minimum Gasteiger partial charge on any atom is -0.407 e. The number of anilines is 1. The first-order chi connectivity index (χ1) is 12.2. The lowest BCUT2D eigenvalue weighted by Gasteiger charge is -2.02. The van der Waals surface area contributed by atoms with E-state index in [4.69, 9.17) is 4.42 Å². The molecule has 3 rings (SSSR count). The van der Waals surface area contributed by atoms with Crippen LogP contribution in [0, 0.1) is 0 Å². The van der Waals surface area contributed by atoms with Crippen molar-refractivity contribution in [2.45, 2.75) is 24.7 Å². The largest absolute Gasteiger partial charge is 0.407 e. The molecule has 5 nitrogen and oxygen atoms in total. The molecule has 0 aliphatic heterocycles. The highest BCUT2D eigenvalue weighted by atomic mass is 32.2. The van der Waals surface area contributed by atoms with Crippen LogP contribution in [0.15, 0.2) is 57.8 Å². The molecule has 1 heterocycles. The number of nitrogens with one attached hydrogen (secondary N) is 1. The summed E-state index contributed by atoms with van der Waals surface area (Å²) in [5.74, 6) is 0.201. The molecule has 0 bridgehead atoms. The van der Waals surface area contributed by atoms with Crippen LogP contribution < -0.4 is 5.32 Å². The van der Waals surface area contributed by atoms with Crippen molar-refractivity contribution in [2.24, 2.45) is 0 Å². The highest BCUT2D eigenvalue weighted by Crippen LogP contribution is 2.16. The first-order valence-electron chi connectivity index (χ1n) is 8.03. The number of thioether (sulfide) groups is 1. The zero-order valence-corrected chi connectivity index (χ0v) is 15.0. The van der Waals surface area contributed by atoms with Crippen molar-refractivity contribution in [3.63, 3.8) is 0 Å². The minimum atomic E-state index is -0.268. The number of rotatable bonds is 6. The number of carbonyl (C=O) groups excluding carboxylic acids is 1. The van der Waals surface area contributed by atoms with Crippen LogP contribution in [-0.2, 0) is 12.8 Å². The fourth-order valence-electron chi connectivity index (χ4n) is 2.35. The van der Waals surface area contributed by atoms with Crippen LogP contribution in [0.3, 0.4) is 0 Å². The number of carbonyl (C=O) groups is 1. The van der Waals surface area contributed by atoms with Crippen LogP contribution in [-0.4, -0.2) is 22.4 Å². The Morgan fingerprint density at radius 3 is 2.36 bits per heavy atom. The molecule has 0 aliphatic rings. The number of aryl methyl sites for hydroxylation is 1. The molecule has 0 saturated carbocycles. The van der Waals surface area contributed by atoms with E-state index < -0.39 is 0 Å². The third kappa shape index (κ3) is 4.48. The maximum atomic E-state index is 12.2. The second-order valence-corrected chi connectivity index (χ2v) is 6.41. The zero-order chi connectivity index (χ0) is 17.6. The molecule has 1 amide bonds. The van der Waals surface area contributed by atoms with Crippen molar-refractivity contribution in [3.05, 3.63) is 71.1 Å². The van der Waals surface area contributed by atoms with E-state index in [2.05, 4.69) is 46.7 Å². The van der Waals surface area contributed by atoms with Gasteiger partial charge in [-0.1, -0.05) is 36.3 Å². The summed E-state index contributed by atoms with van der Waals surface area (Å²) >= 11 is 1.63. The fraction of sp³-hybridized carbons (Fsp3) is 0.211. The van der Waals surface area contributed by atoms with Crippen LogP contribution in [0.2, 0.25) is 0 Å². The summed E-state index contributed by atoms with van der Waals surface area (Å²) in [6, 6.07) is 15.7. The third-order valence-electron chi connectivity index (χ3n) is 3.83. The van der Waals surface area contributed by atoms with Gasteiger partial charge in [-0.25, -0.2) is 0 Å². The summed E-state index contributed by atoms with van der Waals surface area (Å²) < 4.78 is 5.52. The predicted octanol–water partition coefficient (Wildman–Crippen LogP) is 4.20. The van der Waals surface area contributed by atoms with Crippen LogP contribution in [0.25, 0.3) is 0 Å². The second kappa shape index (κ2) is 7.98. The molecule has 0 radical (unpaired) electrons. The van der Waals surface area contributed by atoms with Gasteiger partial charge in [0.05, 0.1) is 6.42 Å². The standard InChI is InChI=1S/C19H19N3O2S/c1-3-13-4-6-14(7-5-13)12-17-21-22-19(24-17)20-18(23)15-8-10-16(25-2)11-9-15/h4-11H,3,12H2,1-2H3,(H,20,22,23). The Morgan fingerprint density at radius 2 is 1.72 bits per heavy atom. The molecule has 6 heteroatoms. The van der Waals surface area contributed by atoms with Gasteiger partial charge in [0.1, 0.15) is 0 Å². The molecule has 128 valence electrons. The first kappa shape index (κ1) is 17.2. The van der Waals surface area contributed by atoms with E-state index >= 15 is 0 Å². The van der Waals surface area contributed by atoms with E-state index in [1.807, 2.05) is 18.4 Å². The molecule has 2 aromatic carbocycles. The smallest absolute Gasteiger partial charge is 0.322 e. The van der Waals surface area contributed by atoms with E-state index in [-0.39, 0.29) is 11.9 Å². The lowest BCUT2D eigenvalue weighted by Crippen LogP contribution is -2.11. The molecule has 0 unspecified atom stereocenters. The fourth-order valence-corrected chi connectivity index (χ4v) is 2.76. The Kier molecular flexibility index (Phi) is 5.50. The Labute approximate surface area is 150 Å². The van der Waals surface area contributed by atoms with E-state index in [0.717, 1.165) is 16.9 Å². The van der Waals surface area contributed by atoms with Gasteiger partial charge in [-0.15, -0.1) is 16.9 Å². The monoisotopic (exact) mass is 353 g/mol. The molecule has 0 atom stereocenters. The normalized spacial score (nSPS) is 10.6. The van der Waals surface area contributed by atoms with Gasteiger partial charge in [-0.3, -0.25) is 10.1 Å². The van der Waals surface area contributed by atoms with Gasteiger partial charge < -0.3 is 4.42 Å². The average molecular weight is 353 g/mol. The number of benzene rings is 2. The van der Waals surface area contributed by atoms with Crippen LogP contribution in [0.1, 0.15) is 34.3 Å². The molecular weight excluding hydrogens is 334 g/mol. The van der Waals surface area contributed by atoms with Gasteiger partial charge in [0.15, 0.2) is 0 Å². The summed E-state index contributed by atoms with van der Waals surface area (Å²) in [5, 5.41) is 10.5. The number of nitrogens with zero attached hydrogens (tertiary/aromatic N) is 2. The molecular formula is C19H19N3O2S. The van der Waals surface area contributed by atoms with Crippen molar-refractivity contribution in [3.8, 4) is 0 Å². The molecule has 1 aromatic heterocycles. The maximum absolute atomic E-state index is 12.2. The molecule has 25 heavy (non-hydrogen) atoms. The highest BCUT2D eigenvalue weighted by molar-refractivity contribution is 7.98. The highest BCUT2D eigenvalue weighted by Gasteiger charge is 2.12. The van der Waals surface area contributed by atoms with Gasteiger partial charge >= 0.3 is 6.01 Å². The van der Waals surface area contributed by atoms with E-state index in [9.17, 15) is 4.79 Å². The number of hydrogen-bond acceptors (Lipinski definition) is 5. The molecule has 0 spiro atoms. The number of hydrogen-bond donors (Lipinski definition) is 1. The van der Waals surface area contributed by atoms with Crippen molar-refractivity contribution in [1.29, 1.82) is 0 Å². The Hall–Kier alpha value is -2.60. The Morgan fingerprint density at radius 1 is 1.04 bits per heavy atom. The topological polar surface area (TPSA) is 68.0 Å². The number of amides is 1. The third-order valence-corrected chi connectivity index (χ3v) is 4.57. The Bertz CT molecular complexity index is 842. The van der Waals surface area contributed by atoms with Crippen molar-refractivity contribution in [1.82, 2.24) is 10.2 Å². The summed E-state index contributed by atoms with van der Waals surface area (Å²) in [4.78, 5) is 13.3. The van der Waals surface area contributed by atoms with Gasteiger partial charge in [0.25, 0.3) is 5.91 Å². The van der Waals surface area contributed by atoms with E-state index in [0.29, 0.717) is 17.9 Å². The van der Waals surface area contributed by atoms with Crippen molar-refractivity contribution in [2.75, 3.05) is 11.6 Å². The SMILES string of the molecule is CCc1ccc(Cc2nnc(NC(=O)c3ccc(SC)cc3)o2)cc1. The van der Waals surface area contributed by atoms with E-state index in [1.54, 1.807) is 23.9 Å². The number of aromatic nitrogens is 2. The summed E-state index contributed by atoms with van der Waals surface area (Å²) in [5.41, 5.74) is 2.92. The molecule has 0 saturated heterocycles. The van der Waals surface area contributed by atoms with Crippen molar-refractivity contribution < 1.29 is 9.21 Å². The average Bonchev–Trinajstić information content (AvgIpc) is 3.09. The van der Waals surface area contributed by atoms with Crippen LogP contribution >= 0.6 is 11.8 Å². The molecule has 3 aromatic rings. The summed E-state index contributed by atoms with van der Waals surface area (Å²) in [6.07, 6.45) is 3.54. The molecule has 1 N–H and O–H groups in total. The first-order valence-corrected chi connectivity index (χ1v) is 9.26. The quantitative estimate of drug-likeness (QED) is 0.673.